The van der Waals surface area contributed by atoms with Crippen molar-refractivity contribution in [1.82, 2.24) is 24.1 Å². The summed E-state index contributed by atoms with van der Waals surface area (Å²) in [5.41, 5.74) is 12.9. The third-order valence-corrected chi connectivity index (χ3v) is 16.9. The van der Waals surface area contributed by atoms with Crippen LogP contribution < -0.4 is 0 Å². The van der Waals surface area contributed by atoms with Gasteiger partial charge in [0, 0.05) is 49.4 Å². The van der Waals surface area contributed by atoms with Gasteiger partial charge in [-0.15, -0.1) is 0 Å². The second-order valence-corrected chi connectivity index (χ2v) is 22.2. The van der Waals surface area contributed by atoms with E-state index in [4.69, 9.17) is 34.7 Å². The molecule has 0 saturated carbocycles. The van der Waals surface area contributed by atoms with E-state index in [1.54, 1.807) is 60.7 Å². The van der Waals surface area contributed by atoms with E-state index >= 15 is 13.2 Å². The van der Waals surface area contributed by atoms with E-state index in [1.165, 1.54) is 6.07 Å². The van der Waals surface area contributed by atoms with Crippen molar-refractivity contribution in [3.05, 3.63) is 312 Å². The lowest BCUT2D eigenvalue weighted by Gasteiger charge is -2.24. The molecule has 15 rings (SSSR count). The molecular formula is C80H44F3N9. The lowest BCUT2D eigenvalue weighted by atomic mass is 9.90. The Morgan fingerprint density at radius 1 is 0.337 bits per heavy atom. The van der Waals surface area contributed by atoms with Crippen molar-refractivity contribution in [2.75, 3.05) is 0 Å². The molecule has 0 radical (unpaired) electrons. The van der Waals surface area contributed by atoms with Gasteiger partial charge in [0.05, 0.1) is 70.4 Å². The number of rotatable bonds is 10. The number of nitriles is 1. The van der Waals surface area contributed by atoms with Crippen molar-refractivity contribution in [2.24, 2.45) is 0 Å². The van der Waals surface area contributed by atoms with E-state index in [-0.39, 0.29) is 22.6 Å². The Hall–Kier alpha value is -13.0. The molecule has 0 N–H and O–H groups in total. The van der Waals surface area contributed by atoms with Crippen LogP contribution in [0.15, 0.2) is 267 Å². The van der Waals surface area contributed by atoms with Crippen LogP contribution in [-0.4, -0.2) is 24.1 Å². The molecule has 0 spiro atoms. The quantitative estimate of drug-likeness (QED) is 0.128. The van der Waals surface area contributed by atoms with Crippen LogP contribution in [0, 0.1) is 31.0 Å². The van der Waals surface area contributed by atoms with Crippen LogP contribution in [0.1, 0.15) is 11.1 Å². The number of fused-ring (bicyclic) bond motifs is 6. The highest BCUT2D eigenvalue weighted by molar-refractivity contribution is 6.15. The smallest absolute Gasteiger partial charge is 0.309 e. The second kappa shape index (κ2) is 22.6. The minimum atomic E-state index is -4.94. The van der Waals surface area contributed by atoms with Gasteiger partial charge >= 0.3 is 6.18 Å². The summed E-state index contributed by atoms with van der Waals surface area (Å²) >= 11 is 0. The number of nitrogens with zero attached hydrogens (tertiary/aromatic N) is 9. The Bertz CT molecular complexity index is 5340. The Morgan fingerprint density at radius 3 is 1.03 bits per heavy atom. The van der Waals surface area contributed by atoms with Gasteiger partial charge in [0.25, 0.3) is 0 Å². The third-order valence-electron chi connectivity index (χ3n) is 16.9. The van der Waals surface area contributed by atoms with E-state index in [1.807, 2.05) is 179 Å². The number of halogens is 3. The molecule has 0 saturated heterocycles. The van der Waals surface area contributed by atoms with Crippen molar-refractivity contribution in [2.45, 2.75) is 6.18 Å². The average Bonchev–Trinajstić information content (AvgIpc) is 1.50. The van der Waals surface area contributed by atoms with Crippen LogP contribution in [0.4, 0.5) is 30.2 Å². The first kappa shape index (κ1) is 55.6. The van der Waals surface area contributed by atoms with Gasteiger partial charge in [-0.25, -0.2) is 29.5 Å². The molecule has 3 heterocycles. The molecule has 3 aromatic heterocycles. The van der Waals surface area contributed by atoms with Crippen LogP contribution in [0.25, 0.3) is 159 Å². The monoisotopic (exact) mass is 1190 g/mol. The Balaban J connectivity index is 1.08. The lowest BCUT2D eigenvalue weighted by Crippen LogP contribution is -2.12. The highest BCUT2D eigenvalue weighted by Gasteiger charge is 2.38. The molecule has 0 aliphatic carbocycles. The van der Waals surface area contributed by atoms with Crippen molar-refractivity contribution in [3.63, 3.8) is 0 Å². The molecule has 15 aromatic rings. The zero-order valence-electron chi connectivity index (χ0n) is 48.6. The molecule has 12 aromatic carbocycles. The van der Waals surface area contributed by atoms with Gasteiger partial charge in [-0.2, -0.15) is 18.4 Å². The lowest BCUT2D eigenvalue weighted by molar-refractivity contribution is -0.137. The fourth-order valence-electron chi connectivity index (χ4n) is 12.5. The normalized spacial score (nSPS) is 11.4. The summed E-state index contributed by atoms with van der Waals surface area (Å²) in [6.45, 7) is 22.9. The Labute approximate surface area is 526 Å². The molecule has 0 fully saturated rings. The highest BCUT2D eigenvalue weighted by atomic mass is 19.4. The average molecular weight is 1190 g/mol. The zero-order valence-corrected chi connectivity index (χ0v) is 48.6. The minimum Gasteiger partial charge on any atom is -0.309 e. The second-order valence-electron chi connectivity index (χ2n) is 22.2. The first-order chi connectivity index (χ1) is 45.0. The van der Waals surface area contributed by atoms with Gasteiger partial charge in [0.2, 0.25) is 0 Å². The molecular weight excluding hydrogens is 1140 g/mol. The standard InChI is InChI=1S/C80H44F3N9/c1-85-60-34-24-51(25-35-60)57-31-41-70-65(45-57)64-44-56(50-22-20-49(48-84)21-23-50)30-40-69(64)91(70)73-18-10-16-63(79-89-77(54-12-6-4-7-13-54)88-78(90-79)55-14-8-5-9-15-55)75(73)76-68(80(81,82)83)17-11-19-74(76)92-71-42-32-58(52-26-36-61(86-2)37-27-52)46-66(71)67-47-59(33-43-72(67)92)53-28-38-62(87-3)39-29-53/h4-47H. The topological polar surface area (TPSA) is 85.4 Å². The number of aromatic nitrogens is 5. The number of alkyl halides is 3. The molecule has 0 atom stereocenters. The summed E-state index contributed by atoms with van der Waals surface area (Å²) in [6, 6.07) is 84.4. The van der Waals surface area contributed by atoms with Crippen LogP contribution in [-0.2, 0) is 6.18 Å². The van der Waals surface area contributed by atoms with Gasteiger partial charge < -0.3 is 9.13 Å². The van der Waals surface area contributed by atoms with Gasteiger partial charge in [-0.1, -0.05) is 188 Å². The van der Waals surface area contributed by atoms with Crippen molar-refractivity contribution < 1.29 is 13.2 Å². The molecule has 0 unspecified atom stereocenters. The molecule has 92 heavy (non-hydrogen) atoms. The number of hydrogen-bond donors (Lipinski definition) is 0. The number of benzene rings is 12. The van der Waals surface area contributed by atoms with Gasteiger partial charge in [0.1, 0.15) is 0 Å². The van der Waals surface area contributed by atoms with Crippen LogP contribution >= 0.6 is 0 Å². The third kappa shape index (κ3) is 9.80. The van der Waals surface area contributed by atoms with Gasteiger partial charge in [0.15, 0.2) is 34.5 Å². The van der Waals surface area contributed by atoms with E-state index < -0.39 is 11.7 Å². The predicted molar refractivity (Wildman–Crippen MR) is 360 cm³/mol. The molecule has 0 bridgehead atoms. The maximum Gasteiger partial charge on any atom is 0.417 e. The molecule has 0 aliphatic rings. The summed E-state index contributed by atoms with van der Waals surface area (Å²) in [4.78, 5) is 26.4. The molecule has 0 aliphatic heterocycles. The van der Waals surface area contributed by atoms with Crippen LogP contribution in [0.2, 0.25) is 0 Å². The van der Waals surface area contributed by atoms with E-state index in [9.17, 15) is 5.26 Å². The van der Waals surface area contributed by atoms with Crippen LogP contribution in [0.5, 0.6) is 0 Å². The highest BCUT2D eigenvalue weighted by Crippen LogP contribution is 2.50. The maximum atomic E-state index is 17.0. The van der Waals surface area contributed by atoms with Crippen molar-refractivity contribution >= 4 is 60.7 Å². The fourth-order valence-corrected chi connectivity index (χ4v) is 12.5. The summed E-state index contributed by atoms with van der Waals surface area (Å²) in [5.74, 6) is 0.776. The van der Waals surface area contributed by atoms with Gasteiger partial charge in [-0.05, 0) is 123 Å². The Kier molecular flexibility index (Phi) is 13.7. The van der Waals surface area contributed by atoms with E-state index in [0.717, 1.165) is 72.1 Å². The van der Waals surface area contributed by atoms with Crippen molar-refractivity contribution in [1.29, 1.82) is 5.26 Å². The van der Waals surface area contributed by atoms with Crippen molar-refractivity contribution in [3.8, 4) is 107 Å². The minimum absolute atomic E-state index is 0.134. The fraction of sp³-hybridized carbons (Fsp3) is 0.0125. The molecule has 9 nitrogen and oxygen atoms in total. The first-order valence-corrected chi connectivity index (χ1v) is 29.4. The summed E-state index contributed by atoms with van der Waals surface area (Å²) < 4.78 is 55.1. The molecule has 430 valence electrons. The Morgan fingerprint density at radius 2 is 0.674 bits per heavy atom. The summed E-state index contributed by atoms with van der Waals surface area (Å²) in [7, 11) is 0. The maximum absolute atomic E-state index is 17.0. The largest absolute Gasteiger partial charge is 0.417 e. The summed E-state index contributed by atoms with van der Waals surface area (Å²) in [6.07, 6.45) is -4.94. The molecule has 12 heteroatoms. The predicted octanol–water partition coefficient (Wildman–Crippen LogP) is 21.9. The number of hydrogen-bond acceptors (Lipinski definition) is 4. The first-order valence-electron chi connectivity index (χ1n) is 29.4. The van der Waals surface area contributed by atoms with Crippen LogP contribution in [0.3, 0.4) is 0 Å². The van der Waals surface area contributed by atoms with Gasteiger partial charge in [-0.3, -0.25) is 0 Å². The SMILES string of the molecule is [C-]#[N+]c1ccc(-c2ccc3c(c2)c2cc(-c4ccc(C#N)cc4)ccc2n3-c2cccc(-c3nc(-c4ccccc4)nc(-c4ccccc4)n3)c2-c2c(-n3c4ccc(-c5ccc([N+]#[C-])cc5)cc4c4cc(-c5ccc([N+]#[C-])cc5)ccc43)cccc2C(F)(F)F)cc1. The van der Waals surface area contributed by atoms with E-state index in [0.29, 0.717) is 78.7 Å². The van der Waals surface area contributed by atoms with E-state index in [2.05, 4.69) is 44.9 Å². The zero-order chi connectivity index (χ0) is 62.6. The summed E-state index contributed by atoms with van der Waals surface area (Å²) in [5, 5.41) is 12.9. The molecule has 0 amide bonds.